The first-order valence-electron chi connectivity index (χ1n) is 9.54. The predicted octanol–water partition coefficient (Wildman–Crippen LogP) is 2.42. The summed E-state index contributed by atoms with van der Waals surface area (Å²) < 4.78 is 7.26. The molecule has 142 valence electrons. The molecule has 0 radical (unpaired) electrons. The summed E-state index contributed by atoms with van der Waals surface area (Å²) in [4.78, 5) is 22.3. The number of halogens is 1. The molecule has 0 saturated carbocycles. The number of ether oxygens (including phenoxy) is 1. The number of nitrogens with zero attached hydrogens (tertiary/aromatic N) is 5. The molecule has 6 rings (SSSR count). The molecule has 7 nitrogen and oxygen atoms in total. The van der Waals surface area contributed by atoms with E-state index in [-0.39, 0.29) is 6.03 Å². The number of fused-ring (bicyclic) bond motifs is 5. The van der Waals surface area contributed by atoms with Gasteiger partial charge in [0.05, 0.1) is 29.6 Å². The molecule has 1 amide bonds. The van der Waals surface area contributed by atoms with E-state index < -0.39 is 0 Å². The van der Waals surface area contributed by atoms with E-state index in [4.69, 9.17) is 21.4 Å². The van der Waals surface area contributed by atoms with Crippen molar-refractivity contribution in [1.29, 1.82) is 0 Å². The molecule has 8 heteroatoms. The van der Waals surface area contributed by atoms with Crippen LogP contribution in [0.1, 0.15) is 24.1 Å². The summed E-state index contributed by atoms with van der Waals surface area (Å²) in [6.45, 7) is 4.94. The van der Waals surface area contributed by atoms with Gasteiger partial charge in [-0.2, -0.15) is 9.78 Å². The van der Waals surface area contributed by atoms with Gasteiger partial charge in [-0.1, -0.05) is 11.6 Å². The van der Waals surface area contributed by atoms with E-state index in [1.807, 2.05) is 11.0 Å². The molecule has 2 aromatic heterocycles. The summed E-state index contributed by atoms with van der Waals surface area (Å²) in [7, 11) is 0. The van der Waals surface area contributed by atoms with Crippen molar-refractivity contribution in [2.75, 3.05) is 32.8 Å². The van der Waals surface area contributed by atoms with Gasteiger partial charge < -0.3 is 14.5 Å². The number of pyridine rings is 1. The van der Waals surface area contributed by atoms with Crippen LogP contribution in [0.4, 0.5) is 4.79 Å². The average Bonchev–Trinajstić information content (AvgIpc) is 2.84. The van der Waals surface area contributed by atoms with E-state index in [0.717, 1.165) is 61.7 Å². The summed E-state index contributed by atoms with van der Waals surface area (Å²) in [6, 6.07) is 3.94. The van der Waals surface area contributed by atoms with Crippen LogP contribution in [0.5, 0.6) is 0 Å². The quantitative estimate of drug-likeness (QED) is 0.752. The molecule has 6 heterocycles. The average molecular weight is 388 g/mol. The molecule has 0 atom stereocenters. The Kier molecular flexibility index (Phi) is 4.38. The van der Waals surface area contributed by atoms with Crippen LogP contribution in [0, 0.1) is 0 Å². The molecule has 0 aromatic carbocycles. The molecule has 4 aliphatic heterocycles. The number of piperidine rings is 1. The molecule has 3 saturated heterocycles. The van der Waals surface area contributed by atoms with Crippen molar-refractivity contribution in [2.45, 2.75) is 31.9 Å². The first-order valence-corrected chi connectivity index (χ1v) is 9.92. The van der Waals surface area contributed by atoms with Crippen molar-refractivity contribution in [1.82, 2.24) is 24.6 Å². The van der Waals surface area contributed by atoms with Crippen LogP contribution in [-0.4, -0.2) is 69.4 Å². The van der Waals surface area contributed by atoms with E-state index in [2.05, 4.69) is 9.88 Å². The van der Waals surface area contributed by atoms with E-state index in [1.54, 1.807) is 16.9 Å². The van der Waals surface area contributed by atoms with Crippen LogP contribution >= 0.6 is 11.6 Å². The Hall–Kier alpha value is -1.96. The molecule has 3 fully saturated rings. The Balaban J connectivity index is 1.54. The van der Waals surface area contributed by atoms with Crippen molar-refractivity contribution in [3.63, 3.8) is 0 Å². The van der Waals surface area contributed by atoms with Gasteiger partial charge in [-0.05, 0) is 25.0 Å². The van der Waals surface area contributed by atoms with Crippen LogP contribution in [0.3, 0.4) is 0 Å². The number of rotatable bonds is 1. The molecular formula is C19H22ClN5O2. The normalized spacial score (nSPS) is 24.6. The fourth-order valence-electron chi connectivity index (χ4n) is 4.38. The fourth-order valence-corrected chi connectivity index (χ4v) is 4.49. The largest absolute Gasteiger partial charge is 0.376 e. The van der Waals surface area contributed by atoms with Gasteiger partial charge in [0.15, 0.2) is 0 Å². The van der Waals surface area contributed by atoms with Gasteiger partial charge in [-0.25, -0.2) is 4.79 Å². The van der Waals surface area contributed by atoms with Crippen LogP contribution in [0.25, 0.3) is 11.4 Å². The van der Waals surface area contributed by atoms with Gasteiger partial charge in [0, 0.05) is 50.4 Å². The predicted molar refractivity (Wildman–Crippen MR) is 101 cm³/mol. The molecule has 0 unspecified atom stereocenters. The molecule has 0 N–H and O–H groups in total. The third-order valence-corrected chi connectivity index (χ3v) is 6.09. The topological polar surface area (TPSA) is 63.5 Å². The van der Waals surface area contributed by atoms with Crippen molar-refractivity contribution in [3.05, 3.63) is 34.6 Å². The number of hydrogen-bond acceptors (Lipinski definition) is 5. The Bertz CT molecular complexity index is 858. The zero-order valence-electron chi connectivity index (χ0n) is 15.1. The molecule has 2 aromatic rings. The van der Waals surface area contributed by atoms with Gasteiger partial charge in [0.2, 0.25) is 0 Å². The second kappa shape index (κ2) is 6.89. The van der Waals surface area contributed by atoms with Crippen molar-refractivity contribution >= 4 is 17.6 Å². The van der Waals surface area contributed by atoms with Gasteiger partial charge in [-0.3, -0.25) is 4.98 Å². The maximum atomic E-state index is 13.4. The number of amides is 1. The number of hydrogen-bond donors (Lipinski definition) is 0. The highest BCUT2D eigenvalue weighted by molar-refractivity contribution is 6.30. The summed E-state index contributed by atoms with van der Waals surface area (Å²) in [6.07, 6.45) is 4.38. The highest BCUT2D eigenvalue weighted by Gasteiger charge is 2.35. The van der Waals surface area contributed by atoms with E-state index in [0.29, 0.717) is 30.7 Å². The Morgan fingerprint density at radius 2 is 2.04 bits per heavy atom. The highest BCUT2D eigenvalue weighted by Crippen LogP contribution is 2.30. The Labute approximate surface area is 162 Å². The SMILES string of the molecule is O=C(N1CCN2CCC1CC2)n1nc(-c2ccc(Cl)cn2)c2c1CCOC2. The molecule has 2 bridgehead atoms. The van der Waals surface area contributed by atoms with E-state index in [9.17, 15) is 4.79 Å². The lowest BCUT2D eigenvalue weighted by molar-refractivity contribution is 0.108. The standard InChI is InChI=1S/C19H22ClN5O2/c20-13-1-2-16(21-11-13)18-15-12-27-10-5-17(15)25(22-18)19(26)24-9-8-23-6-3-14(24)4-7-23/h1-2,11,14H,3-10,12H2. The molecule has 27 heavy (non-hydrogen) atoms. The third kappa shape index (κ3) is 3.03. The van der Waals surface area contributed by atoms with Gasteiger partial charge >= 0.3 is 6.03 Å². The second-order valence-corrected chi connectivity index (χ2v) is 7.84. The third-order valence-electron chi connectivity index (χ3n) is 5.87. The first kappa shape index (κ1) is 17.2. The van der Waals surface area contributed by atoms with Crippen molar-refractivity contribution in [2.24, 2.45) is 0 Å². The second-order valence-electron chi connectivity index (χ2n) is 7.40. The number of carbonyl (C=O) groups is 1. The van der Waals surface area contributed by atoms with Crippen molar-refractivity contribution < 1.29 is 9.53 Å². The van der Waals surface area contributed by atoms with E-state index >= 15 is 0 Å². The van der Waals surface area contributed by atoms with Crippen LogP contribution in [-0.2, 0) is 17.8 Å². The van der Waals surface area contributed by atoms with Crippen LogP contribution < -0.4 is 0 Å². The highest BCUT2D eigenvalue weighted by atomic mass is 35.5. The minimum absolute atomic E-state index is 0.0119. The first-order chi connectivity index (χ1) is 13.2. The zero-order chi connectivity index (χ0) is 18.4. The molecule has 0 spiro atoms. The Morgan fingerprint density at radius 3 is 2.81 bits per heavy atom. The molecule has 0 aliphatic carbocycles. The van der Waals surface area contributed by atoms with Gasteiger partial charge in [-0.15, -0.1) is 0 Å². The number of carbonyl (C=O) groups excluding carboxylic acids is 1. The monoisotopic (exact) mass is 387 g/mol. The maximum Gasteiger partial charge on any atom is 0.345 e. The maximum absolute atomic E-state index is 13.4. The van der Waals surface area contributed by atoms with E-state index in [1.165, 1.54) is 0 Å². The lowest BCUT2D eigenvalue weighted by atomic mass is 10.1. The summed E-state index contributed by atoms with van der Waals surface area (Å²) in [5, 5.41) is 5.28. The fraction of sp³-hybridized carbons (Fsp3) is 0.526. The number of aromatic nitrogens is 3. The van der Waals surface area contributed by atoms with Crippen LogP contribution in [0.15, 0.2) is 18.3 Å². The summed E-state index contributed by atoms with van der Waals surface area (Å²) >= 11 is 5.97. The smallest absolute Gasteiger partial charge is 0.345 e. The van der Waals surface area contributed by atoms with Gasteiger partial charge in [0.1, 0.15) is 5.69 Å². The molecular weight excluding hydrogens is 366 g/mol. The Morgan fingerprint density at radius 1 is 1.19 bits per heavy atom. The lowest BCUT2D eigenvalue weighted by Crippen LogP contribution is -2.44. The van der Waals surface area contributed by atoms with Gasteiger partial charge in [0.25, 0.3) is 0 Å². The van der Waals surface area contributed by atoms with Crippen molar-refractivity contribution in [3.8, 4) is 11.4 Å². The molecule has 4 aliphatic rings. The zero-order valence-corrected chi connectivity index (χ0v) is 15.9. The minimum atomic E-state index is -0.0119. The minimum Gasteiger partial charge on any atom is -0.376 e. The van der Waals surface area contributed by atoms with Crippen LogP contribution in [0.2, 0.25) is 5.02 Å². The summed E-state index contributed by atoms with van der Waals surface area (Å²) in [5.74, 6) is 0. The lowest BCUT2D eigenvalue weighted by Gasteiger charge is -2.31. The summed E-state index contributed by atoms with van der Waals surface area (Å²) in [5.41, 5.74) is 3.36.